The fourth-order valence-corrected chi connectivity index (χ4v) is 3.20. The van der Waals surface area contributed by atoms with E-state index in [4.69, 9.17) is 0 Å². The minimum atomic E-state index is 0.359. The SMILES string of the molecule is Cc1nc(C(C)NC(C)CN2CCCC2)cs1. The number of rotatable bonds is 5. The Morgan fingerprint density at radius 2 is 2.12 bits per heavy atom. The van der Waals surface area contributed by atoms with Gasteiger partial charge in [-0.25, -0.2) is 4.98 Å². The third-order valence-electron chi connectivity index (χ3n) is 3.35. The lowest BCUT2D eigenvalue weighted by Crippen LogP contribution is -2.39. The first kappa shape index (κ1) is 13.0. The molecule has 2 unspecified atom stereocenters. The monoisotopic (exact) mass is 253 g/mol. The van der Waals surface area contributed by atoms with Crippen molar-refractivity contribution in [2.45, 2.75) is 45.7 Å². The molecule has 1 saturated heterocycles. The third kappa shape index (κ3) is 3.76. The Kier molecular flexibility index (Phi) is 4.54. The summed E-state index contributed by atoms with van der Waals surface area (Å²) in [6.45, 7) is 10.2. The third-order valence-corrected chi connectivity index (χ3v) is 4.14. The van der Waals surface area contributed by atoms with Crippen LogP contribution in [0.1, 0.15) is 43.4 Å². The van der Waals surface area contributed by atoms with Crippen LogP contribution in [0.15, 0.2) is 5.38 Å². The molecule has 1 fully saturated rings. The van der Waals surface area contributed by atoms with Crippen LogP contribution >= 0.6 is 11.3 Å². The Bertz CT molecular complexity index is 344. The second-order valence-corrected chi connectivity index (χ2v) is 6.15. The van der Waals surface area contributed by atoms with E-state index in [1.54, 1.807) is 11.3 Å². The molecule has 4 heteroatoms. The zero-order chi connectivity index (χ0) is 12.3. The predicted octanol–water partition coefficient (Wildman–Crippen LogP) is 2.59. The minimum absolute atomic E-state index is 0.359. The molecule has 0 amide bonds. The minimum Gasteiger partial charge on any atom is -0.305 e. The molecule has 2 heterocycles. The summed E-state index contributed by atoms with van der Waals surface area (Å²) in [5.41, 5.74) is 1.18. The van der Waals surface area contributed by atoms with Crippen LogP contribution in [-0.4, -0.2) is 35.6 Å². The largest absolute Gasteiger partial charge is 0.305 e. The number of thiazole rings is 1. The summed E-state index contributed by atoms with van der Waals surface area (Å²) >= 11 is 1.73. The standard InChI is InChI=1S/C13H23N3S/c1-10(8-16-6-4-5-7-16)14-11(2)13-9-17-12(3)15-13/h9-11,14H,4-8H2,1-3H3. The number of nitrogens with zero attached hydrogens (tertiary/aromatic N) is 2. The highest BCUT2D eigenvalue weighted by Crippen LogP contribution is 2.16. The highest BCUT2D eigenvalue weighted by molar-refractivity contribution is 7.09. The summed E-state index contributed by atoms with van der Waals surface area (Å²) in [5, 5.41) is 6.95. The fraction of sp³-hybridized carbons (Fsp3) is 0.769. The molecule has 0 spiro atoms. The molecular formula is C13H23N3S. The quantitative estimate of drug-likeness (QED) is 0.874. The summed E-state index contributed by atoms with van der Waals surface area (Å²) in [7, 11) is 0. The lowest BCUT2D eigenvalue weighted by Gasteiger charge is -2.23. The average molecular weight is 253 g/mol. The van der Waals surface area contributed by atoms with Gasteiger partial charge in [0.25, 0.3) is 0 Å². The van der Waals surface area contributed by atoms with Crippen molar-refractivity contribution in [3.05, 3.63) is 16.1 Å². The Morgan fingerprint density at radius 1 is 1.41 bits per heavy atom. The first-order chi connectivity index (χ1) is 8.15. The molecule has 0 saturated carbocycles. The van der Waals surface area contributed by atoms with Gasteiger partial charge in [-0.05, 0) is 46.7 Å². The van der Waals surface area contributed by atoms with Crippen LogP contribution in [0.3, 0.4) is 0 Å². The Hall–Kier alpha value is -0.450. The molecule has 1 aliphatic rings. The summed E-state index contributed by atoms with van der Waals surface area (Å²) in [5.74, 6) is 0. The van der Waals surface area contributed by atoms with Crippen LogP contribution in [0.5, 0.6) is 0 Å². The molecule has 96 valence electrons. The molecule has 3 nitrogen and oxygen atoms in total. The van der Waals surface area contributed by atoms with E-state index in [0.29, 0.717) is 12.1 Å². The van der Waals surface area contributed by atoms with Gasteiger partial charge < -0.3 is 10.2 Å². The van der Waals surface area contributed by atoms with E-state index < -0.39 is 0 Å². The van der Waals surface area contributed by atoms with E-state index in [-0.39, 0.29) is 0 Å². The lowest BCUT2D eigenvalue weighted by atomic mass is 10.2. The van der Waals surface area contributed by atoms with Gasteiger partial charge in [-0.1, -0.05) is 0 Å². The van der Waals surface area contributed by atoms with Crippen molar-refractivity contribution in [3.63, 3.8) is 0 Å². The smallest absolute Gasteiger partial charge is 0.0898 e. The van der Waals surface area contributed by atoms with Gasteiger partial charge in [-0.15, -0.1) is 11.3 Å². The molecule has 1 aromatic rings. The number of hydrogen-bond donors (Lipinski definition) is 1. The van der Waals surface area contributed by atoms with Crippen molar-refractivity contribution < 1.29 is 0 Å². The first-order valence-corrected chi connectivity index (χ1v) is 7.43. The summed E-state index contributed by atoms with van der Waals surface area (Å²) in [4.78, 5) is 7.09. The maximum Gasteiger partial charge on any atom is 0.0898 e. The molecule has 0 radical (unpaired) electrons. The second kappa shape index (κ2) is 5.94. The second-order valence-electron chi connectivity index (χ2n) is 5.09. The Morgan fingerprint density at radius 3 is 2.71 bits per heavy atom. The van der Waals surface area contributed by atoms with Crippen molar-refractivity contribution in [2.75, 3.05) is 19.6 Å². The van der Waals surface area contributed by atoms with Crippen molar-refractivity contribution in [1.82, 2.24) is 15.2 Å². The summed E-state index contributed by atoms with van der Waals surface area (Å²) in [6, 6.07) is 0.891. The molecule has 0 bridgehead atoms. The van der Waals surface area contributed by atoms with Gasteiger partial charge in [0.05, 0.1) is 10.7 Å². The predicted molar refractivity (Wildman–Crippen MR) is 73.5 cm³/mol. The van der Waals surface area contributed by atoms with Gasteiger partial charge in [-0.3, -0.25) is 0 Å². The van der Waals surface area contributed by atoms with E-state index in [1.165, 1.54) is 31.6 Å². The topological polar surface area (TPSA) is 28.2 Å². The van der Waals surface area contributed by atoms with E-state index in [2.05, 4.69) is 41.4 Å². The summed E-state index contributed by atoms with van der Waals surface area (Å²) < 4.78 is 0. The molecule has 0 aromatic carbocycles. The maximum atomic E-state index is 4.54. The van der Waals surface area contributed by atoms with Crippen LogP contribution in [0, 0.1) is 6.92 Å². The first-order valence-electron chi connectivity index (χ1n) is 6.55. The van der Waals surface area contributed by atoms with Crippen LogP contribution in [0.2, 0.25) is 0 Å². The number of likely N-dealkylation sites (tertiary alicyclic amines) is 1. The lowest BCUT2D eigenvalue weighted by molar-refractivity contribution is 0.288. The Labute approximate surface area is 108 Å². The van der Waals surface area contributed by atoms with Gasteiger partial charge in [0.2, 0.25) is 0 Å². The molecule has 1 aliphatic heterocycles. The maximum absolute atomic E-state index is 4.54. The highest BCUT2D eigenvalue weighted by atomic mass is 32.1. The van der Waals surface area contributed by atoms with Crippen LogP contribution in [0.4, 0.5) is 0 Å². The summed E-state index contributed by atoms with van der Waals surface area (Å²) in [6.07, 6.45) is 2.74. The number of hydrogen-bond acceptors (Lipinski definition) is 4. The highest BCUT2D eigenvalue weighted by Gasteiger charge is 2.17. The van der Waals surface area contributed by atoms with Crippen LogP contribution in [-0.2, 0) is 0 Å². The van der Waals surface area contributed by atoms with Gasteiger partial charge in [0.15, 0.2) is 0 Å². The van der Waals surface area contributed by atoms with Crippen molar-refractivity contribution in [3.8, 4) is 0 Å². The van der Waals surface area contributed by atoms with Crippen molar-refractivity contribution in [2.24, 2.45) is 0 Å². The van der Waals surface area contributed by atoms with Gasteiger partial charge >= 0.3 is 0 Å². The molecule has 17 heavy (non-hydrogen) atoms. The van der Waals surface area contributed by atoms with Crippen LogP contribution < -0.4 is 5.32 Å². The van der Waals surface area contributed by atoms with E-state index in [0.717, 1.165) is 11.6 Å². The molecule has 0 aliphatic carbocycles. The number of aromatic nitrogens is 1. The number of nitrogens with one attached hydrogen (secondary N) is 1. The average Bonchev–Trinajstić information content (AvgIpc) is 2.89. The zero-order valence-corrected chi connectivity index (χ0v) is 11.9. The Balaban J connectivity index is 1.79. The van der Waals surface area contributed by atoms with E-state index in [1.807, 2.05) is 0 Å². The zero-order valence-electron chi connectivity index (χ0n) is 11.1. The van der Waals surface area contributed by atoms with Crippen molar-refractivity contribution >= 4 is 11.3 Å². The van der Waals surface area contributed by atoms with Gasteiger partial charge in [0.1, 0.15) is 0 Å². The van der Waals surface area contributed by atoms with Crippen LogP contribution in [0.25, 0.3) is 0 Å². The van der Waals surface area contributed by atoms with E-state index in [9.17, 15) is 0 Å². The molecule has 2 atom stereocenters. The normalized spacial score (nSPS) is 20.6. The molecule has 2 rings (SSSR count). The molecule has 1 aromatic heterocycles. The van der Waals surface area contributed by atoms with Crippen molar-refractivity contribution in [1.29, 1.82) is 0 Å². The molecular weight excluding hydrogens is 230 g/mol. The van der Waals surface area contributed by atoms with Gasteiger partial charge in [0, 0.05) is 24.0 Å². The number of aryl methyl sites for hydroxylation is 1. The van der Waals surface area contributed by atoms with E-state index >= 15 is 0 Å². The van der Waals surface area contributed by atoms with Gasteiger partial charge in [-0.2, -0.15) is 0 Å². The fourth-order valence-electron chi connectivity index (χ4n) is 2.50. The molecule has 1 N–H and O–H groups in total.